The molecule has 0 spiro atoms. The lowest BCUT2D eigenvalue weighted by Crippen LogP contribution is -1.99. The molecule has 0 heterocycles. The zero-order valence-corrected chi connectivity index (χ0v) is 38.9. The van der Waals surface area contributed by atoms with Gasteiger partial charge in [0.05, 0.1) is 0 Å². The lowest BCUT2D eigenvalue weighted by Gasteiger charge is -2.13. The molecule has 0 fully saturated rings. The van der Waals surface area contributed by atoms with Crippen molar-refractivity contribution in [3.05, 3.63) is 129 Å². The molecule has 0 aliphatic rings. The molecule has 0 bridgehead atoms. The number of nitrogens with two attached hydrogens (primary N) is 2. The van der Waals surface area contributed by atoms with Gasteiger partial charge in [0.1, 0.15) is 0 Å². The van der Waals surface area contributed by atoms with Gasteiger partial charge in [-0.2, -0.15) is 0 Å². The number of aryl methyl sites for hydroxylation is 4. The fourth-order valence-corrected chi connectivity index (χ4v) is 9.16. The van der Waals surface area contributed by atoms with E-state index in [1.807, 2.05) is 24.3 Å². The maximum atomic E-state index is 5.96. The zero-order valence-electron chi connectivity index (χ0n) is 38.9. The summed E-state index contributed by atoms with van der Waals surface area (Å²) in [5.74, 6) is 0. The van der Waals surface area contributed by atoms with Crippen LogP contribution in [0.3, 0.4) is 0 Å². The Morgan fingerprint density at radius 1 is 0.267 bits per heavy atom. The van der Waals surface area contributed by atoms with Crippen LogP contribution in [0.1, 0.15) is 225 Å². The van der Waals surface area contributed by atoms with Crippen LogP contribution in [0.15, 0.2) is 84.9 Å². The third-order valence-corrected chi connectivity index (χ3v) is 13.1. The molecule has 0 aliphatic heterocycles. The largest absolute Gasteiger partial charge is 0.399 e. The molecule has 0 aliphatic carbocycles. The van der Waals surface area contributed by atoms with E-state index < -0.39 is 0 Å². The molecule has 4 aromatic carbocycles. The predicted octanol–water partition coefficient (Wildman–Crippen LogP) is 17.1. The molecule has 0 aromatic heterocycles. The fourth-order valence-electron chi connectivity index (χ4n) is 9.16. The highest BCUT2D eigenvalue weighted by Gasteiger charge is 2.09. The van der Waals surface area contributed by atoms with E-state index in [2.05, 4.69) is 74.5 Å². The fraction of sp³-hybridized carbons (Fsp3) is 0.586. The van der Waals surface area contributed by atoms with Crippen molar-refractivity contribution in [2.24, 2.45) is 0 Å². The average Bonchev–Trinajstić information content (AvgIpc) is 3.26. The lowest BCUT2D eigenvalue weighted by atomic mass is 9.92. The Labute approximate surface area is 370 Å². The highest BCUT2D eigenvalue weighted by Crippen LogP contribution is 2.24. The van der Waals surface area contributed by atoms with E-state index in [-0.39, 0.29) is 0 Å². The molecule has 0 atom stereocenters. The standard InChI is InChI=1S/C58H88N2/c1-3-5-7-9-23-27-31-53-45-49(33-39-55(53)47-51-35-41-57(59)42-36-51)29-25-21-19-17-15-13-11-12-14-16-18-20-22-26-30-50-34-40-56(48-52-37-43-58(60)44-38-52)54(46-50)32-28-24-10-8-6-4-2/h33-46H,3-32,47-48,59-60H2,1-2H3. The van der Waals surface area contributed by atoms with Gasteiger partial charge in [0.25, 0.3) is 0 Å². The van der Waals surface area contributed by atoms with E-state index in [0.717, 1.165) is 24.2 Å². The minimum atomic E-state index is 0.849. The summed E-state index contributed by atoms with van der Waals surface area (Å²) in [6.45, 7) is 4.61. The molecule has 4 rings (SSSR count). The summed E-state index contributed by atoms with van der Waals surface area (Å²) < 4.78 is 0. The molecule has 4 N–H and O–H groups in total. The monoisotopic (exact) mass is 813 g/mol. The molecule has 2 heteroatoms. The van der Waals surface area contributed by atoms with Crippen LogP contribution in [0.2, 0.25) is 0 Å². The molecule has 2 nitrogen and oxygen atoms in total. The Hall–Kier alpha value is -3.52. The van der Waals surface area contributed by atoms with E-state index in [9.17, 15) is 0 Å². The third kappa shape index (κ3) is 21.3. The maximum absolute atomic E-state index is 5.96. The summed E-state index contributed by atoms with van der Waals surface area (Å²) in [6.07, 6.45) is 42.8. The van der Waals surface area contributed by atoms with Crippen LogP contribution in [-0.2, 0) is 38.5 Å². The van der Waals surface area contributed by atoms with E-state index in [0.29, 0.717) is 0 Å². The lowest BCUT2D eigenvalue weighted by molar-refractivity contribution is 0.533. The van der Waals surface area contributed by atoms with Gasteiger partial charge in [-0.3, -0.25) is 0 Å². The quantitative estimate of drug-likeness (QED) is 0.0359. The van der Waals surface area contributed by atoms with Gasteiger partial charge >= 0.3 is 0 Å². The number of anilines is 2. The van der Waals surface area contributed by atoms with Gasteiger partial charge in [-0.25, -0.2) is 0 Å². The van der Waals surface area contributed by atoms with E-state index in [1.165, 1.54) is 215 Å². The first-order valence-corrected chi connectivity index (χ1v) is 25.4. The Bertz CT molecular complexity index is 1530. The summed E-state index contributed by atoms with van der Waals surface area (Å²) in [5.41, 5.74) is 25.6. The molecule has 0 saturated carbocycles. The number of nitrogen functional groups attached to an aromatic ring is 2. The number of unbranched alkanes of at least 4 members (excludes halogenated alkanes) is 23. The number of benzene rings is 4. The van der Waals surface area contributed by atoms with Gasteiger partial charge in [-0.15, -0.1) is 0 Å². The van der Waals surface area contributed by atoms with Gasteiger partial charge in [0.15, 0.2) is 0 Å². The van der Waals surface area contributed by atoms with Crippen molar-refractivity contribution >= 4 is 11.4 Å². The maximum Gasteiger partial charge on any atom is 0.0314 e. The molecule has 0 amide bonds. The number of rotatable bonds is 35. The van der Waals surface area contributed by atoms with Crippen LogP contribution >= 0.6 is 0 Å². The van der Waals surface area contributed by atoms with Crippen LogP contribution in [0.25, 0.3) is 0 Å². The first-order valence-electron chi connectivity index (χ1n) is 25.4. The Morgan fingerprint density at radius 2 is 0.533 bits per heavy atom. The zero-order chi connectivity index (χ0) is 42.3. The highest BCUT2D eigenvalue weighted by atomic mass is 14.5. The van der Waals surface area contributed by atoms with E-state index in [1.54, 1.807) is 22.3 Å². The molecular weight excluding hydrogens is 725 g/mol. The molecular formula is C58H88N2. The second-order valence-electron chi connectivity index (χ2n) is 18.5. The number of hydrogen-bond donors (Lipinski definition) is 2. The van der Waals surface area contributed by atoms with Crippen molar-refractivity contribution in [1.29, 1.82) is 0 Å². The normalized spacial score (nSPS) is 11.4. The number of hydrogen-bond acceptors (Lipinski definition) is 2. The summed E-state index contributed by atoms with van der Waals surface area (Å²) in [5, 5.41) is 0. The summed E-state index contributed by atoms with van der Waals surface area (Å²) in [6, 6.07) is 31.7. The van der Waals surface area contributed by atoms with Crippen molar-refractivity contribution in [2.75, 3.05) is 11.5 Å². The van der Waals surface area contributed by atoms with Crippen LogP contribution in [0.4, 0.5) is 11.4 Å². The molecule has 0 radical (unpaired) electrons. The van der Waals surface area contributed by atoms with Crippen LogP contribution < -0.4 is 11.5 Å². The van der Waals surface area contributed by atoms with Crippen molar-refractivity contribution in [3.63, 3.8) is 0 Å². The Balaban J connectivity index is 1.02. The second kappa shape index (κ2) is 31.3. The van der Waals surface area contributed by atoms with Crippen molar-refractivity contribution < 1.29 is 0 Å². The van der Waals surface area contributed by atoms with Gasteiger partial charge in [-0.05, 0) is 133 Å². The molecule has 0 unspecified atom stereocenters. The minimum absolute atomic E-state index is 0.849. The third-order valence-electron chi connectivity index (χ3n) is 13.1. The second-order valence-corrected chi connectivity index (χ2v) is 18.5. The van der Waals surface area contributed by atoms with E-state index >= 15 is 0 Å². The van der Waals surface area contributed by atoms with Gasteiger partial charge in [0, 0.05) is 11.4 Å². The SMILES string of the molecule is CCCCCCCCc1cc(CCCCCCCCCCCCCCCCc2ccc(Cc3ccc(N)cc3)c(CCCCCCCC)c2)ccc1Cc1ccc(N)cc1. The van der Waals surface area contributed by atoms with Gasteiger partial charge < -0.3 is 11.5 Å². The van der Waals surface area contributed by atoms with Gasteiger partial charge in [-0.1, -0.05) is 216 Å². The van der Waals surface area contributed by atoms with Crippen molar-refractivity contribution in [2.45, 2.75) is 219 Å². The smallest absolute Gasteiger partial charge is 0.0314 e. The first kappa shape index (κ1) is 49.1. The van der Waals surface area contributed by atoms with E-state index in [4.69, 9.17) is 11.5 Å². The first-order chi connectivity index (χ1) is 29.5. The van der Waals surface area contributed by atoms with Crippen LogP contribution in [-0.4, -0.2) is 0 Å². The minimum Gasteiger partial charge on any atom is -0.399 e. The summed E-state index contributed by atoms with van der Waals surface area (Å²) in [4.78, 5) is 0. The predicted molar refractivity (Wildman–Crippen MR) is 266 cm³/mol. The summed E-state index contributed by atoms with van der Waals surface area (Å²) >= 11 is 0. The van der Waals surface area contributed by atoms with Crippen molar-refractivity contribution in [1.82, 2.24) is 0 Å². The molecule has 4 aromatic rings. The Morgan fingerprint density at radius 3 is 0.850 bits per heavy atom. The van der Waals surface area contributed by atoms with Crippen LogP contribution in [0, 0.1) is 0 Å². The van der Waals surface area contributed by atoms with Crippen molar-refractivity contribution in [3.8, 4) is 0 Å². The Kier molecular flexibility index (Phi) is 25.7. The average molecular weight is 813 g/mol. The summed E-state index contributed by atoms with van der Waals surface area (Å²) in [7, 11) is 0. The molecule has 60 heavy (non-hydrogen) atoms. The molecule has 0 saturated heterocycles. The topological polar surface area (TPSA) is 52.0 Å². The highest BCUT2D eigenvalue weighted by molar-refractivity contribution is 5.43. The van der Waals surface area contributed by atoms with Crippen LogP contribution in [0.5, 0.6) is 0 Å². The molecule has 330 valence electrons. The van der Waals surface area contributed by atoms with Gasteiger partial charge in [0.2, 0.25) is 0 Å².